The molecule has 1 saturated heterocycles. The van der Waals surface area contributed by atoms with Gasteiger partial charge in [0.15, 0.2) is 0 Å². The van der Waals surface area contributed by atoms with Gasteiger partial charge in [-0.3, -0.25) is 4.79 Å². The molecule has 20 heavy (non-hydrogen) atoms. The first-order valence-electron chi connectivity index (χ1n) is 6.49. The molecule has 1 N–H and O–H groups in total. The van der Waals surface area contributed by atoms with Gasteiger partial charge in [0.05, 0.1) is 5.02 Å². The van der Waals surface area contributed by atoms with Gasteiger partial charge in [-0.1, -0.05) is 24.4 Å². The van der Waals surface area contributed by atoms with E-state index in [-0.39, 0.29) is 5.91 Å². The van der Waals surface area contributed by atoms with E-state index in [0.717, 1.165) is 22.8 Å². The molecule has 1 unspecified atom stereocenters. The second-order valence-electron chi connectivity index (χ2n) is 4.83. The fourth-order valence-corrected chi connectivity index (χ4v) is 2.92. The Labute approximate surface area is 136 Å². The van der Waals surface area contributed by atoms with Gasteiger partial charge in [0.2, 0.25) is 0 Å². The van der Waals surface area contributed by atoms with Gasteiger partial charge in [0.25, 0.3) is 5.91 Å². The van der Waals surface area contributed by atoms with Gasteiger partial charge < -0.3 is 10.0 Å². The van der Waals surface area contributed by atoms with Crippen LogP contribution >= 0.6 is 34.2 Å². The van der Waals surface area contributed by atoms with E-state index in [1.165, 1.54) is 4.90 Å². The number of carboxylic acids is 1. The van der Waals surface area contributed by atoms with E-state index in [0.29, 0.717) is 23.6 Å². The van der Waals surface area contributed by atoms with Crippen molar-refractivity contribution in [2.24, 2.45) is 0 Å². The number of carbonyl (C=O) groups is 2. The van der Waals surface area contributed by atoms with E-state index in [1.807, 2.05) is 0 Å². The maximum atomic E-state index is 12.5. The van der Waals surface area contributed by atoms with Crippen LogP contribution < -0.4 is 0 Å². The number of benzene rings is 1. The molecule has 6 heteroatoms. The average molecular weight is 408 g/mol. The smallest absolute Gasteiger partial charge is 0.326 e. The zero-order valence-electron chi connectivity index (χ0n) is 10.8. The van der Waals surface area contributed by atoms with Crippen LogP contribution in [0.25, 0.3) is 0 Å². The van der Waals surface area contributed by atoms with Crippen molar-refractivity contribution in [2.75, 3.05) is 6.54 Å². The highest BCUT2D eigenvalue weighted by Gasteiger charge is 2.31. The first kappa shape index (κ1) is 15.6. The lowest BCUT2D eigenvalue weighted by Crippen LogP contribution is -2.44. The highest BCUT2D eigenvalue weighted by Crippen LogP contribution is 2.23. The van der Waals surface area contributed by atoms with Crippen molar-refractivity contribution < 1.29 is 14.7 Å². The van der Waals surface area contributed by atoms with E-state index in [9.17, 15) is 14.7 Å². The predicted octanol–water partition coefficient (Wildman–Crippen LogP) is 3.41. The molecule has 108 valence electrons. The maximum Gasteiger partial charge on any atom is 0.326 e. The fraction of sp³-hybridized carbons (Fsp3) is 0.429. The van der Waals surface area contributed by atoms with E-state index < -0.39 is 12.0 Å². The van der Waals surface area contributed by atoms with Crippen molar-refractivity contribution in [3.05, 3.63) is 32.4 Å². The Hall–Kier alpha value is -0.820. The quantitative estimate of drug-likeness (QED) is 0.764. The minimum Gasteiger partial charge on any atom is -0.480 e. The average Bonchev–Trinajstić information content (AvgIpc) is 2.66. The van der Waals surface area contributed by atoms with Crippen LogP contribution in [0.15, 0.2) is 18.2 Å². The highest BCUT2D eigenvalue weighted by atomic mass is 127. The third-order valence-electron chi connectivity index (χ3n) is 3.47. The van der Waals surface area contributed by atoms with Crippen LogP contribution in [0.5, 0.6) is 0 Å². The number of likely N-dealkylation sites (tertiary alicyclic amines) is 1. The Morgan fingerprint density at radius 3 is 2.70 bits per heavy atom. The molecule has 0 radical (unpaired) electrons. The van der Waals surface area contributed by atoms with E-state index in [1.54, 1.807) is 18.2 Å². The SMILES string of the molecule is O=C(O)C1CCCCCN1C(=O)c1ccc(I)c(Cl)c1. The largest absolute Gasteiger partial charge is 0.480 e. The minimum absolute atomic E-state index is 0.252. The molecular weight excluding hydrogens is 393 g/mol. The third kappa shape index (κ3) is 3.44. The van der Waals surface area contributed by atoms with Crippen molar-refractivity contribution >= 4 is 46.1 Å². The first-order valence-corrected chi connectivity index (χ1v) is 7.95. The van der Waals surface area contributed by atoms with Gasteiger partial charge in [0, 0.05) is 15.7 Å². The van der Waals surface area contributed by atoms with Gasteiger partial charge in [0.1, 0.15) is 6.04 Å². The molecule has 1 aromatic carbocycles. The number of halogens is 2. The molecule has 0 aliphatic carbocycles. The van der Waals surface area contributed by atoms with Crippen molar-refractivity contribution in [3.63, 3.8) is 0 Å². The molecule has 1 aromatic rings. The molecule has 1 aliphatic heterocycles. The van der Waals surface area contributed by atoms with Crippen molar-refractivity contribution in [3.8, 4) is 0 Å². The summed E-state index contributed by atoms with van der Waals surface area (Å²) in [6, 6.07) is 4.34. The number of carbonyl (C=O) groups excluding carboxylic acids is 1. The maximum absolute atomic E-state index is 12.5. The topological polar surface area (TPSA) is 57.6 Å². The highest BCUT2D eigenvalue weighted by molar-refractivity contribution is 14.1. The van der Waals surface area contributed by atoms with Gasteiger partial charge in [-0.25, -0.2) is 4.79 Å². The summed E-state index contributed by atoms with van der Waals surface area (Å²) >= 11 is 8.12. The van der Waals surface area contributed by atoms with Crippen LogP contribution in [0.4, 0.5) is 0 Å². The lowest BCUT2D eigenvalue weighted by atomic mass is 10.1. The Morgan fingerprint density at radius 1 is 1.30 bits per heavy atom. The number of nitrogens with zero attached hydrogens (tertiary/aromatic N) is 1. The Balaban J connectivity index is 2.28. The lowest BCUT2D eigenvalue weighted by molar-refractivity contribution is -0.142. The van der Waals surface area contributed by atoms with Gasteiger partial charge in [-0.15, -0.1) is 0 Å². The third-order valence-corrected chi connectivity index (χ3v) is 5.04. The van der Waals surface area contributed by atoms with Crippen LogP contribution in [-0.2, 0) is 4.79 Å². The molecule has 4 nitrogen and oxygen atoms in total. The molecule has 1 amide bonds. The van der Waals surface area contributed by atoms with Gasteiger partial charge in [-0.05, 0) is 53.6 Å². The second-order valence-corrected chi connectivity index (χ2v) is 6.40. The second kappa shape index (κ2) is 6.76. The Kier molecular flexibility index (Phi) is 5.26. The molecule has 0 bridgehead atoms. The van der Waals surface area contributed by atoms with Crippen LogP contribution in [0.1, 0.15) is 36.0 Å². The molecule has 1 heterocycles. The van der Waals surface area contributed by atoms with Crippen LogP contribution in [-0.4, -0.2) is 34.5 Å². The number of hydrogen-bond donors (Lipinski definition) is 1. The molecule has 0 aromatic heterocycles. The zero-order chi connectivity index (χ0) is 14.7. The number of aliphatic carboxylic acids is 1. The molecule has 2 rings (SSSR count). The molecule has 1 aliphatic rings. The van der Waals surface area contributed by atoms with Crippen molar-refractivity contribution in [1.29, 1.82) is 0 Å². The predicted molar refractivity (Wildman–Crippen MR) is 85.1 cm³/mol. The minimum atomic E-state index is -0.933. The molecule has 0 spiro atoms. The van der Waals surface area contributed by atoms with E-state index in [2.05, 4.69) is 22.6 Å². The number of amides is 1. The summed E-state index contributed by atoms with van der Waals surface area (Å²) in [6.45, 7) is 0.486. The molecule has 1 fully saturated rings. The van der Waals surface area contributed by atoms with Crippen LogP contribution in [0, 0.1) is 3.57 Å². The number of rotatable bonds is 2. The Bertz CT molecular complexity index is 535. The summed E-state index contributed by atoms with van der Waals surface area (Å²) in [5, 5.41) is 9.82. The van der Waals surface area contributed by atoms with Crippen molar-refractivity contribution in [1.82, 2.24) is 4.90 Å². The van der Waals surface area contributed by atoms with Crippen LogP contribution in [0.2, 0.25) is 5.02 Å². The van der Waals surface area contributed by atoms with E-state index in [4.69, 9.17) is 11.6 Å². The summed E-state index contributed by atoms with van der Waals surface area (Å²) < 4.78 is 0.867. The van der Waals surface area contributed by atoms with Gasteiger partial charge >= 0.3 is 5.97 Å². The Morgan fingerprint density at radius 2 is 2.05 bits per heavy atom. The summed E-state index contributed by atoms with van der Waals surface area (Å²) in [5.41, 5.74) is 0.448. The van der Waals surface area contributed by atoms with E-state index >= 15 is 0 Å². The van der Waals surface area contributed by atoms with Crippen molar-refractivity contribution in [2.45, 2.75) is 31.7 Å². The first-order chi connectivity index (χ1) is 9.50. The zero-order valence-corrected chi connectivity index (χ0v) is 13.7. The summed E-state index contributed by atoms with van der Waals surface area (Å²) in [5.74, 6) is -1.19. The number of carboxylic acid groups (broad SMARTS) is 1. The number of hydrogen-bond acceptors (Lipinski definition) is 2. The normalized spacial score (nSPS) is 19.5. The summed E-state index contributed by atoms with van der Waals surface area (Å²) in [6.07, 6.45) is 3.15. The van der Waals surface area contributed by atoms with Crippen LogP contribution in [0.3, 0.4) is 0 Å². The molecular formula is C14H15ClINO3. The molecule has 0 saturated carbocycles. The van der Waals surface area contributed by atoms with Gasteiger partial charge in [-0.2, -0.15) is 0 Å². The molecule has 1 atom stereocenters. The summed E-state index contributed by atoms with van der Waals surface area (Å²) in [7, 11) is 0. The monoisotopic (exact) mass is 407 g/mol. The fourth-order valence-electron chi connectivity index (χ4n) is 2.40. The lowest BCUT2D eigenvalue weighted by Gasteiger charge is -2.27. The standard InChI is InChI=1S/C14H15ClINO3/c15-10-8-9(5-6-11(10)16)13(18)17-7-3-1-2-4-12(17)14(19)20/h5-6,8,12H,1-4,7H2,(H,19,20). The summed E-state index contributed by atoms with van der Waals surface area (Å²) in [4.78, 5) is 25.4.